The molecule has 1 saturated heterocycles. The molecule has 1 aliphatic rings. The minimum Gasteiger partial charge on any atom is -0.507 e. The number of benzene rings is 2. The monoisotopic (exact) mass is 469 g/mol. The van der Waals surface area contributed by atoms with Gasteiger partial charge in [0.15, 0.2) is 0 Å². The Hall–Kier alpha value is -4.52. The summed E-state index contributed by atoms with van der Waals surface area (Å²) in [7, 11) is 0. The number of ether oxygens (including phenoxy) is 1. The molecule has 1 N–H and O–H groups in total. The van der Waals surface area contributed by atoms with Gasteiger partial charge in [-0.05, 0) is 61.0 Å². The van der Waals surface area contributed by atoms with Crippen LogP contribution in [0.4, 0.5) is 0 Å². The van der Waals surface area contributed by atoms with E-state index in [0.29, 0.717) is 29.4 Å². The fourth-order valence-corrected chi connectivity index (χ4v) is 4.19. The predicted octanol–water partition coefficient (Wildman–Crippen LogP) is 5.38. The van der Waals surface area contributed by atoms with E-state index in [4.69, 9.17) is 13.6 Å². The number of furan rings is 2. The molecule has 3 heterocycles. The second-order valence-corrected chi connectivity index (χ2v) is 8.32. The molecule has 0 saturated carbocycles. The molecule has 7 nitrogen and oxygen atoms in total. The Balaban J connectivity index is 1.43. The Morgan fingerprint density at radius 2 is 1.74 bits per heavy atom. The van der Waals surface area contributed by atoms with Gasteiger partial charge in [0.2, 0.25) is 0 Å². The zero-order valence-corrected chi connectivity index (χ0v) is 19.0. The average Bonchev–Trinajstić information content (AvgIpc) is 3.62. The highest BCUT2D eigenvalue weighted by molar-refractivity contribution is 6.46. The molecular weight excluding hydrogens is 446 g/mol. The normalized spacial score (nSPS) is 17.2. The second kappa shape index (κ2) is 9.38. The highest BCUT2D eigenvalue weighted by Gasteiger charge is 2.47. The minimum atomic E-state index is -0.882. The van der Waals surface area contributed by atoms with Gasteiger partial charge in [-0.2, -0.15) is 0 Å². The summed E-state index contributed by atoms with van der Waals surface area (Å²) in [5, 5.41) is 11.1. The molecule has 1 atom stereocenters. The third kappa shape index (κ3) is 4.48. The second-order valence-electron chi connectivity index (χ2n) is 8.32. The van der Waals surface area contributed by atoms with Crippen molar-refractivity contribution in [2.75, 3.05) is 0 Å². The molecule has 0 unspecified atom stereocenters. The van der Waals surface area contributed by atoms with Crippen LogP contribution >= 0.6 is 0 Å². The Labute approximate surface area is 201 Å². The maximum Gasteiger partial charge on any atom is 0.296 e. The molecule has 5 rings (SSSR count). The largest absolute Gasteiger partial charge is 0.507 e. The lowest BCUT2D eigenvalue weighted by molar-refractivity contribution is -0.140. The van der Waals surface area contributed by atoms with Gasteiger partial charge in [0.05, 0.1) is 24.6 Å². The Bertz CT molecular complexity index is 1370. The highest BCUT2D eigenvalue weighted by Crippen LogP contribution is 2.40. The number of amides is 1. The lowest BCUT2D eigenvalue weighted by atomic mass is 9.99. The number of carbonyl (C=O) groups excluding carboxylic acids is 2. The van der Waals surface area contributed by atoms with Crippen molar-refractivity contribution in [3.05, 3.63) is 119 Å². The molecule has 0 radical (unpaired) electrons. The summed E-state index contributed by atoms with van der Waals surface area (Å²) in [4.78, 5) is 27.3. The first kappa shape index (κ1) is 22.3. The number of nitrogens with zero attached hydrogens (tertiary/aromatic N) is 1. The number of likely N-dealkylation sites (tertiary alicyclic amines) is 1. The molecular formula is C28H23NO6. The molecule has 35 heavy (non-hydrogen) atoms. The fourth-order valence-electron chi connectivity index (χ4n) is 4.19. The van der Waals surface area contributed by atoms with Gasteiger partial charge < -0.3 is 23.6 Å². The van der Waals surface area contributed by atoms with E-state index in [0.717, 1.165) is 11.1 Å². The van der Waals surface area contributed by atoms with Gasteiger partial charge in [0.1, 0.15) is 35.7 Å². The van der Waals surface area contributed by atoms with Crippen LogP contribution in [0.2, 0.25) is 0 Å². The first-order chi connectivity index (χ1) is 17.0. The van der Waals surface area contributed by atoms with Crippen LogP contribution in [0.5, 0.6) is 5.75 Å². The van der Waals surface area contributed by atoms with E-state index >= 15 is 0 Å². The number of rotatable bonds is 7. The number of hydrogen-bond acceptors (Lipinski definition) is 6. The van der Waals surface area contributed by atoms with E-state index in [2.05, 4.69) is 6.07 Å². The number of Topliss-reactive ketones (excluding diaryl/α,β-unsaturated/α-hetero) is 1. The number of aliphatic hydroxyl groups excluding tert-OH is 1. The quantitative estimate of drug-likeness (QED) is 0.222. The van der Waals surface area contributed by atoms with Gasteiger partial charge in [0.25, 0.3) is 11.7 Å². The van der Waals surface area contributed by atoms with Crippen molar-refractivity contribution in [2.45, 2.75) is 26.1 Å². The molecule has 1 fully saturated rings. The first-order valence-electron chi connectivity index (χ1n) is 11.1. The van der Waals surface area contributed by atoms with Crippen molar-refractivity contribution < 1.29 is 28.3 Å². The molecule has 1 amide bonds. The summed E-state index contributed by atoms with van der Waals surface area (Å²) in [5.41, 5.74) is 2.55. The van der Waals surface area contributed by atoms with Gasteiger partial charge in [-0.25, -0.2) is 0 Å². The summed E-state index contributed by atoms with van der Waals surface area (Å²) in [5.74, 6) is -0.299. The standard InChI is InChI=1S/C28H23NO6/c1-18-5-2-6-19(15-18)17-35-21-11-9-20(10-12-21)26(30)24-25(23-8-4-14-34-23)29(28(32)27(24)31)16-22-7-3-13-33-22/h2-15,25,30H,16-17H2,1H3/b26-24+/t25-/m0/s1. The number of ketones is 1. The van der Waals surface area contributed by atoms with Crippen LogP contribution in [0.3, 0.4) is 0 Å². The van der Waals surface area contributed by atoms with E-state index in [1.54, 1.807) is 48.5 Å². The molecule has 0 spiro atoms. The molecule has 1 aliphatic heterocycles. The van der Waals surface area contributed by atoms with E-state index in [1.807, 2.05) is 25.1 Å². The van der Waals surface area contributed by atoms with Crippen molar-refractivity contribution in [1.82, 2.24) is 4.90 Å². The van der Waals surface area contributed by atoms with Gasteiger partial charge >= 0.3 is 0 Å². The van der Waals surface area contributed by atoms with Gasteiger partial charge in [0, 0.05) is 5.56 Å². The minimum absolute atomic E-state index is 0.0371. The van der Waals surface area contributed by atoms with Crippen LogP contribution in [0.25, 0.3) is 5.76 Å². The van der Waals surface area contributed by atoms with Crippen molar-refractivity contribution >= 4 is 17.4 Å². The third-order valence-corrected chi connectivity index (χ3v) is 5.87. The van der Waals surface area contributed by atoms with Crippen molar-refractivity contribution in [3.8, 4) is 5.75 Å². The molecule has 4 aromatic rings. The topological polar surface area (TPSA) is 93.1 Å². The van der Waals surface area contributed by atoms with Crippen molar-refractivity contribution in [2.24, 2.45) is 0 Å². The maximum atomic E-state index is 13.0. The molecule has 2 aromatic carbocycles. The SMILES string of the molecule is Cc1cccc(COc2ccc(/C(O)=C3\C(=O)C(=O)N(Cc4ccco4)[C@H]3c3ccco3)cc2)c1. The summed E-state index contributed by atoms with van der Waals surface area (Å²) < 4.78 is 16.8. The average molecular weight is 469 g/mol. The van der Waals surface area contributed by atoms with Crippen LogP contribution in [0.15, 0.2) is 99.7 Å². The van der Waals surface area contributed by atoms with E-state index in [9.17, 15) is 14.7 Å². The van der Waals surface area contributed by atoms with Crippen molar-refractivity contribution in [3.63, 3.8) is 0 Å². The van der Waals surface area contributed by atoms with Crippen molar-refractivity contribution in [1.29, 1.82) is 0 Å². The molecule has 0 aliphatic carbocycles. The lowest BCUT2D eigenvalue weighted by Gasteiger charge is -2.22. The smallest absolute Gasteiger partial charge is 0.296 e. The predicted molar refractivity (Wildman–Crippen MR) is 127 cm³/mol. The molecule has 2 aromatic heterocycles. The number of aryl methyl sites for hydroxylation is 1. The van der Waals surface area contributed by atoms with Crippen LogP contribution in [-0.2, 0) is 22.7 Å². The number of carbonyl (C=O) groups is 2. The van der Waals surface area contributed by atoms with E-state index in [-0.39, 0.29) is 17.9 Å². The highest BCUT2D eigenvalue weighted by atomic mass is 16.5. The summed E-state index contributed by atoms with van der Waals surface area (Å²) in [6.07, 6.45) is 2.96. The Morgan fingerprint density at radius 1 is 0.971 bits per heavy atom. The van der Waals surface area contributed by atoms with E-state index < -0.39 is 17.7 Å². The number of hydrogen-bond donors (Lipinski definition) is 1. The van der Waals surface area contributed by atoms with Crippen LogP contribution in [0, 0.1) is 6.92 Å². The number of aliphatic hydroxyl groups is 1. The molecule has 0 bridgehead atoms. The van der Waals surface area contributed by atoms with Gasteiger partial charge in [-0.3, -0.25) is 9.59 Å². The van der Waals surface area contributed by atoms with E-state index in [1.165, 1.54) is 17.4 Å². The fraction of sp³-hybridized carbons (Fsp3) is 0.143. The van der Waals surface area contributed by atoms with Gasteiger partial charge in [-0.15, -0.1) is 0 Å². The summed E-state index contributed by atoms with van der Waals surface area (Å²) in [6, 6.07) is 20.7. The first-order valence-corrected chi connectivity index (χ1v) is 11.1. The molecule has 7 heteroatoms. The third-order valence-electron chi connectivity index (χ3n) is 5.87. The zero-order chi connectivity index (χ0) is 24.4. The Morgan fingerprint density at radius 3 is 2.43 bits per heavy atom. The van der Waals surface area contributed by atoms with Crippen LogP contribution in [0.1, 0.15) is 34.3 Å². The van der Waals surface area contributed by atoms with Gasteiger partial charge in [-0.1, -0.05) is 29.8 Å². The maximum absolute atomic E-state index is 13.0. The summed E-state index contributed by atoms with van der Waals surface area (Å²) in [6.45, 7) is 2.49. The summed E-state index contributed by atoms with van der Waals surface area (Å²) >= 11 is 0. The Kier molecular flexibility index (Phi) is 5.97. The van der Waals surface area contributed by atoms with Crippen LogP contribution < -0.4 is 4.74 Å². The lowest BCUT2D eigenvalue weighted by Crippen LogP contribution is -2.28. The molecule has 176 valence electrons. The van der Waals surface area contributed by atoms with Crippen LogP contribution in [-0.4, -0.2) is 21.7 Å². The zero-order valence-electron chi connectivity index (χ0n) is 19.0.